The average Bonchev–Trinajstić information content (AvgIpc) is 2.34. The van der Waals surface area contributed by atoms with Gasteiger partial charge in [-0.05, 0) is 0 Å². The molecule has 0 unspecified atom stereocenters. The van der Waals surface area contributed by atoms with Gasteiger partial charge in [-0.2, -0.15) is 0 Å². The zero-order valence-electron chi connectivity index (χ0n) is 5.57. The predicted octanol–water partition coefficient (Wildman–Crippen LogP) is -0.465. The van der Waals surface area contributed by atoms with Crippen molar-refractivity contribution in [2.75, 3.05) is 5.73 Å². The number of aromatic nitrogens is 1. The van der Waals surface area contributed by atoms with Crippen molar-refractivity contribution in [2.24, 2.45) is 5.73 Å². The average molecular weight is 171 g/mol. The molecule has 0 aliphatic rings. The molecular formula is C5H7N4OS. The Morgan fingerprint density at radius 2 is 2.45 bits per heavy atom. The molecule has 1 heterocycles. The van der Waals surface area contributed by atoms with Gasteiger partial charge >= 0.3 is 0 Å². The smallest absolute Gasteiger partial charge is 0.261 e. The van der Waals surface area contributed by atoms with Crippen LogP contribution in [0.15, 0.2) is 5.38 Å². The van der Waals surface area contributed by atoms with Gasteiger partial charge in [0.25, 0.3) is 5.91 Å². The molecular weight excluding hydrogens is 164 g/mol. The summed E-state index contributed by atoms with van der Waals surface area (Å²) in [6.45, 7) is 0. The second-order valence-electron chi connectivity index (χ2n) is 1.95. The quantitative estimate of drug-likeness (QED) is 0.627. The molecule has 5 nitrogen and oxygen atoms in total. The summed E-state index contributed by atoms with van der Waals surface area (Å²) in [4.78, 5) is 14.2. The number of carbonyl (C=O) groups is 1. The Hall–Kier alpha value is -1.14. The third kappa shape index (κ3) is 1.66. The highest BCUT2D eigenvalue weighted by atomic mass is 32.1. The lowest BCUT2D eigenvalue weighted by Gasteiger charge is -1.99. The minimum absolute atomic E-state index is 0.358. The van der Waals surface area contributed by atoms with Crippen LogP contribution in [0.1, 0.15) is 11.7 Å². The number of nitrogen functional groups attached to an aromatic ring is 1. The number of thiazole rings is 1. The largest absolute Gasteiger partial charge is 0.375 e. The van der Waals surface area contributed by atoms with E-state index in [2.05, 4.69) is 4.98 Å². The van der Waals surface area contributed by atoms with Crippen molar-refractivity contribution >= 4 is 22.4 Å². The zero-order chi connectivity index (χ0) is 8.43. The number of nitrogens with one attached hydrogen (secondary N) is 1. The minimum Gasteiger partial charge on any atom is -0.375 e. The van der Waals surface area contributed by atoms with Crippen LogP contribution in [0.5, 0.6) is 0 Å². The van der Waals surface area contributed by atoms with E-state index < -0.39 is 11.9 Å². The fourth-order valence-corrected chi connectivity index (χ4v) is 1.18. The molecule has 0 saturated carbocycles. The van der Waals surface area contributed by atoms with Crippen LogP contribution in [0.4, 0.5) is 5.13 Å². The van der Waals surface area contributed by atoms with E-state index in [1.54, 1.807) is 5.38 Å². The topological polar surface area (TPSA) is 106 Å². The molecule has 0 aliphatic heterocycles. The van der Waals surface area contributed by atoms with Gasteiger partial charge in [-0.1, -0.05) is 0 Å². The monoisotopic (exact) mass is 171 g/mol. The van der Waals surface area contributed by atoms with Gasteiger partial charge in [-0.3, -0.25) is 10.5 Å². The van der Waals surface area contributed by atoms with Gasteiger partial charge in [0.05, 0.1) is 5.69 Å². The van der Waals surface area contributed by atoms with Crippen LogP contribution < -0.4 is 17.2 Å². The first-order valence-corrected chi connectivity index (χ1v) is 3.71. The highest BCUT2D eigenvalue weighted by Gasteiger charge is 2.15. The van der Waals surface area contributed by atoms with Gasteiger partial charge in [0, 0.05) is 5.38 Å². The van der Waals surface area contributed by atoms with Gasteiger partial charge in [-0.15, -0.1) is 11.3 Å². The van der Waals surface area contributed by atoms with Crippen LogP contribution >= 0.6 is 11.3 Å². The first-order valence-electron chi connectivity index (χ1n) is 2.83. The van der Waals surface area contributed by atoms with E-state index in [0.717, 1.165) is 0 Å². The summed E-state index contributed by atoms with van der Waals surface area (Å²) in [7, 11) is 0. The molecule has 11 heavy (non-hydrogen) atoms. The van der Waals surface area contributed by atoms with E-state index in [1.165, 1.54) is 11.3 Å². The summed E-state index contributed by atoms with van der Waals surface area (Å²) >= 11 is 1.20. The number of rotatable bonds is 2. The summed E-state index contributed by atoms with van der Waals surface area (Å²) in [5.41, 5.74) is 17.7. The Bertz CT molecular complexity index is 271. The summed E-state index contributed by atoms with van der Waals surface area (Å²) < 4.78 is 0. The summed E-state index contributed by atoms with van der Waals surface area (Å²) in [5.74, 6) is -0.852. The van der Waals surface area contributed by atoms with Crippen LogP contribution in [-0.4, -0.2) is 10.9 Å². The SMILES string of the molecule is [NH]C(=O)[C@H](N)c1csc(N)n1. The molecule has 1 aromatic rings. The molecule has 0 fully saturated rings. The van der Waals surface area contributed by atoms with E-state index in [9.17, 15) is 4.79 Å². The van der Waals surface area contributed by atoms with E-state index in [-0.39, 0.29) is 0 Å². The van der Waals surface area contributed by atoms with Crippen molar-refractivity contribution < 1.29 is 4.79 Å². The number of nitrogens with zero attached hydrogens (tertiary/aromatic N) is 1. The van der Waals surface area contributed by atoms with Crippen LogP contribution in [-0.2, 0) is 4.79 Å². The van der Waals surface area contributed by atoms with Crippen molar-refractivity contribution in [1.82, 2.24) is 10.7 Å². The molecule has 0 bridgehead atoms. The predicted molar refractivity (Wildman–Crippen MR) is 41.6 cm³/mol. The van der Waals surface area contributed by atoms with Crippen molar-refractivity contribution in [2.45, 2.75) is 6.04 Å². The first kappa shape index (κ1) is 7.96. The summed E-state index contributed by atoms with van der Waals surface area (Å²) in [6, 6.07) is -0.955. The Labute approximate surface area is 67.2 Å². The van der Waals surface area contributed by atoms with Gasteiger partial charge in [0.2, 0.25) is 0 Å². The van der Waals surface area contributed by atoms with Crippen LogP contribution in [0, 0.1) is 0 Å². The second-order valence-corrected chi connectivity index (χ2v) is 2.84. The fraction of sp³-hybridized carbons (Fsp3) is 0.200. The maximum absolute atomic E-state index is 10.4. The number of hydrogen-bond donors (Lipinski definition) is 2. The molecule has 1 atom stereocenters. The maximum Gasteiger partial charge on any atom is 0.261 e. The van der Waals surface area contributed by atoms with E-state index in [1.807, 2.05) is 0 Å². The molecule has 0 aromatic carbocycles. The standard InChI is InChI=1S/C5H7N4OS/c6-3(4(7)10)2-1-11-5(8)9-2/h1,3,7H,6H2,(H2,8,9)/t3-/m1/s1. The first-order chi connectivity index (χ1) is 5.11. The number of hydrogen-bond acceptors (Lipinski definition) is 5. The van der Waals surface area contributed by atoms with Gasteiger partial charge < -0.3 is 11.5 Å². The maximum atomic E-state index is 10.4. The molecule has 6 heteroatoms. The molecule has 1 rings (SSSR count). The molecule has 0 saturated heterocycles. The number of nitrogens with two attached hydrogens (primary N) is 2. The fourth-order valence-electron chi connectivity index (χ4n) is 0.578. The summed E-state index contributed by atoms with van der Waals surface area (Å²) in [6.07, 6.45) is 0. The molecule has 1 amide bonds. The zero-order valence-corrected chi connectivity index (χ0v) is 6.39. The Morgan fingerprint density at radius 1 is 1.82 bits per heavy atom. The molecule has 59 valence electrons. The molecule has 1 aromatic heterocycles. The van der Waals surface area contributed by atoms with E-state index >= 15 is 0 Å². The van der Waals surface area contributed by atoms with Crippen molar-refractivity contribution in [3.05, 3.63) is 11.1 Å². The third-order valence-electron chi connectivity index (χ3n) is 1.14. The van der Waals surface area contributed by atoms with Crippen molar-refractivity contribution in [1.29, 1.82) is 0 Å². The number of amides is 1. The molecule has 0 aliphatic carbocycles. The summed E-state index contributed by atoms with van der Waals surface area (Å²) in [5, 5.41) is 1.93. The second kappa shape index (κ2) is 2.85. The highest BCUT2D eigenvalue weighted by molar-refractivity contribution is 7.13. The third-order valence-corrected chi connectivity index (χ3v) is 1.83. The van der Waals surface area contributed by atoms with Crippen LogP contribution in [0.2, 0.25) is 0 Å². The van der Waals surface area contributed by atoms with Crippen LogP contribution in [0.3, 0.4) is 0 Å². The van der Waals surface area contributed by atoms with Crippen molar-refractivity contribution in [3.63, 3.8) is 0 Å². The normalized spacial score (nSPS) is 12.8. The van der Waals surface area contributed by atoms with Gasteiger partial charge in [0.15, 0.2) is 5.13 Å². The highest BCUT2D eigenvalue weighted by Crippen LogP contribution is 2.15. The molecule has 1 radical (unpaired) electrons. The lowest BCUT2D eigenvalue weighted by Crippen LogP contribution is -2.22. The van der Waals surface area contributed by atoms with E-state index in [4.69, 9.17) is 17.2 Å². The Kier molecular flexibility index (Phi) is 2.06. The lowest BCUT2D eigenvalue weighted by molar-refractivity contribution is -0.120. The molecule has 5 N–H and O–H groups in total. The lowest BCUT2D eigenvalue weighted by atomic mass is 10.2. The van der Waals surface area contributed by atoms with Crippen molar-refractivity contribution in [3.8, 4) is 0 Å². The van der Waals surface area contributed by atoms with Gasteiger partial charge in [0.1, 0.15) is 6.04 Å². The minimum atomic E-state index is -0.955. The Morgan fingerprint density at radius 3 is 2.82 bits per heavy atom. The number of carbonyl (C=O) groups excluding carboxylic acids is 1. The van der Waals surface area contributed by atoms with Gasteiger partial charge in [-0.25, -0.2) is 4.98 Å². The van der Waals surface area contributed by atoms with Crippen LogP contribution in [0.25, 0.3) is 0 Å². The molecule has 0 spiro atoms. The number of anilines is 1. The van der Waals surface area contributed by atoms with E-state index in [0.29, 0.717) is 10.8 Å². The Balaban J connectivity index is 2.84.